The van der Waals surface area contributed by atoms with E-state index in [4.69, 9.17) is 4.55 Å². The molecule has 0 saturated carbocycles. The van der Waals surface area contributed by atoms with Crippen LogP contribution < -0.4 is 5.32 Å². The maximum Gasteiger partial charge on any atom is 0.267 e. The molecule has 5 nitrogen and oxygen atoms in total. The number of hydrogen-bond acceptors (Lipinski definition) is 3. The molecule has 10 heteroatoms. The van der Waals surface area contributed by atoms with Crippen molar-refractivity contribution in [3.63, 3.8) is 0 Å². The Morgan fingerprint density at radius 2 is 1.95 bits per heavy atom. The highest BCUT2D eigenvalue weighted by atomic mass is 127. The highest BCUT2D eigenvalue weighted by Gasteiger charge is 2.17. The van der Waals surface area contributed by atoms with Crippen molar-refractivity contribution < 1.29 is 22.2 Å². The summed E-state index contributed by atoms with van der Waals surface area (Å²) in [6.07, 6.45) is -1.89. The molecule has 0 fully saturated rings. The zero-order valence-electron chi connectivity index (χ0n) is 10.4. The Morgan fingerprint density at radius 3 is 2.52 bits per heavy atom. The third kappa shape index (κ3) is 7.22. The Labute approximate surface area is 163 Å². The van der Waals surface area contributed by atoms with Crippen molar-refractivity contribution >= 4 is 83.8 Å². The van der Waals surface area contributed by atoms with Crippen molar-refractivity contribution in [1.82, 2.24) is 5.32 Å². The Morgan fingerprint density at radius 1 is 1.33 bits per heavy atom. The number of carbonyl (C=O) groups is 1. The third-order valence-corrected chi connectivity index (χ3v) is 6.82. The van der Waals surface area contributed by atoms with Gasteiger partial charge in [-0.2, -0.15) is 8.42 Å². The molecule has 1 rings (SSSR count). The number of nitrogens with one attached hydrogen (secondary N) is 1. The van der Waals surface area contributed by atoms with Crippen molar-refractivity contribution in [2.45, 2.75) is 12.6 Å². The van der Waals surface area contributed by atoms with E-state index < -0.39 is 22.0 Å². The molecular formula is C11H11FI3NO4S. The van der Waals surface area contributed by atoms with Gasteiger partial charge in [0.05, 0.1) is 5.56 Å². The summed E-state index contributed by atoms with van der Waals surface area (Å²) in [5, 5.41) is 2.54. The first kappa shape index (κ1) is 19.8. The Kier molecular flexibility index (Phi) is 8.04. The summed E-state index contributed by atoms with van der Waals surface area (Å²) in [4.78, 5) is 12.0. The van der Waals surface area contributed by atoms with Crippen LogP contribution in [0.2, 0.25) is 0 Å². The van der Waals surface area contributed by atoms with Gasteiger partial charge in [0, 0.05) is 17.3 Å². The van der Waals surface area contributed by atoms with Crippen molar-refractivity contribution in [3.8, 4) is 0 Å². The normalized spacial score (nSPS) is 13.0. The van der Waals surface area contributed by atoms with Gasteiger partial charge in [0.25, 0.3) is 16.0 Å². The van der Waals surface area contributed by atoms with Crippen LogP contribution in [0.3, 0.4) is 0 Å². The summed E-state index contributed by atoms with van der Waals surface area (Å²) >= 11 is 6.29. The fourth-order valence-electron chi connectivity index (χ4n) is 1.47. The van der Waals surface area contributed by atoms with Crippen LogP contribution in [0.1, 0.15) is 16.8 Å². The van der Waals surface area contributed by atoms with E-state index in [2.05, 4.69) is 73.1 Å². The van der Waals surface area contributed by atoms with Gasteiger partial charge in [-0.25, -0.2) is 4.39 Å². The number of alkyl halides is 1. The van der Waals surface area contributed by atoms with Crippen LogP contribution in [0.25, 0.3) is 0 Å². The number of amides is 1. The maximum absolute atomic E-state index is 13.3. The Balaban J connectivity index is 2.59. The van der Waals surface area contributed by atoms with E-state index >= 15 is 0 Å². The molecule has 118 valence electrons. The highest BCUT2D eigenvalue weighted by molar-refractivity contribution is 14.1. The van der Waals surface area contributed by atoms with Crippen molar-refractivity contribution in [2.75, 3.05) is 12.3 Å². The second kappa shape index (κ2) is 8.54. The first-order valence-electron chi connectivity index (χ1n) is 5.62. The summed E-state index contributed by atoms with van der Waals surface area (Å²) in [5.41, 5.74) is 0.497. The molecule has 1 unspecified atom stereocenters. The molecule has 1 aromatic carbocycles. The lowest BCUT2D eigenvalue weighted by Gasteiger charge is -2.10. The van der Waals surface area contributed by atoms with Crippen LogP contribution in [0.15, 0.2) is 12.1 Å². The van der Waals surface area contributed by atoms with Gasteiger partial charge in [0.2, 0.25) is 0 Å². The van der Waals surface area contributed by atoms with Crippen LogP contribution in [-0.2, 0) is 10.1 Å². The molecule has 0 radical (unpaired) electrons. The number of rotatable bonds is 6. The maximum atomic E-state index is 13.3. The molecule has 0 aromatic heterocycles. The number of halogens is 4. The van der Waals surface area contributed by atoms with Gasteiger partial charge in [0.15, 0.2) is 0 Å². The Bertz CT molecular complexity index is 639. The minimum Gasteiger partial charge on any atom is -0.352 e. The summed E-state index contributed by atoms with van der Waals surface area (Å²) in [6.45, 7) is -0.00630. The zero-order chi connectivity index (χ0) is 16.2. The van der Waals surface area contributed by atoms with Crippen LogP contribution in [0, 0.1) is 10.7 Å². The lowest BCUT2D eigenvalue weighted by atomic mass is 10.2. The SMILES string of the molecule is O=C(NCCC(F)CS(=O)(=O)O)c1cc(I)cc(I)c1I. The minimum absolute atomic E-state index is 0.00630. The van der Waals surface area contributed by atoms with Crippen LogP contribution in [-0.4, -0.2) is 37.3 Å². The van der Waals surface area contributed by atoms with Gasteiger partial charge in [-0.3, -0.25) is 9.35 Å². The smallest absolute Gasteiger partial charge is 0.267 e. The van der Waals surface area contributed by atoms with E-state index in [1.807, 2.05) is 6.07 Å². The van der Waals surface area contributed by atoms with Crippen molar-refractivity contribution in [3.05, 3.63) is 28.4 Å². The number of carbonyl (C=O) groups excluding carboxylic acids is 1. The Hall–Kier alpha value is 0.720. The van der Waals surface area contributed by atoms with E-state index in [1.165, 1.54) is 0 Å². The summed E-state index contributed by atoms with van der Waals surface area (Å²) in [7, 11) is -4.34. The predicted molar refractivity (Wildman–Crippen MR) is 103 cm³/mol. The summed E-state index contributed by atoms with van der Waals surface area (Å²) in [6, 6.07) is 3.66. The minimum atomic E-state index is -4.34. The molecule has 1 aromatic rings. The van der Waals surface area contributed by atoms with E-state index in [1.54, 1.807) is 6.07 Å². The van der Waals surface area contributed by atoms with E-state index in [0.717, 1.165) is 10.7 Å². The van der Waals surface area contributed by atoms with Crippen molar-refractivity contribution in [1.29, 1.82) is 0 Å². The molecule has 0 saturated heterocycles. The second-order valence-electron chi connectivity index (χ2n) is 4.14. The fourth-order valence-corrected chi connectivity index (χ4v) is 4.50. The van der Waals surface area contributed by atoms with Gasteiger partial charge in [0.1, 0.15) is 11.9 Å². The summed E-state index contributed by atoms with van der Waals surface area (Å²) in [5.74, 6) is -1.29. The van der Waals surface area contributed by atoms with Crippen LogP contribution >= 0.6 is 67.8 Å². The van der Waals surface area contributed by atoms with Gasteiger partial charge >= 0.3 is 0 Å². The number of benzene rings is 1. The first-order chi connectivity index (χ1) is 9.60. The lowest BCUT2D eigenvalue weighted by Crippen LogP contribution is -2.29. The van der Waals surface area contributed by atoms with Gasteiger partial charge in [-0.1, -0.05) is 0 Å². The topological polar surface area (TPSA) is 83.5 Å². The average Bonchev–Trinajstić information content (AvgIpc) is 2.31. The molecule has 0 spiro atoms. The molecule has 2 N–H and O–H groups in total. The molecular weight excluding hydrogens is 642 g/mol. The van der Waals surface area contributed by atoms with Gasteiger partial charge in [-0.15, -0.1) is 0 Å². The monoisotopic (exact) mass is 653 g/mol. The van der Waals surface area contributed by atoms with E-state index in [0.29, 0.717) is 5.56 Å². The predicted octanol–water partition coefficient (Wildman–Crippen LogP) is 2.85. The molecule has 1 atom stereocenters. The fraction of sp³-hybridized carbons (Fsp3) is 0.364. The van der Waals surface area contributed by atoms with Crippen LogP contribution in [0.4, 0.5) is 4.39 Å². The molecule has 1 amide bonds. The molecule has 0 bridgehead atoms. The van der Waals surface area contributed by atoms with Gasteiger partial charge < -0.3 is 5.32 Å². The standard InChI is InChI=1S/C11H11FI3NO4S/c12-6(5-21(18,19)20)1-2-16-11(17)8-3-7(13)4-9(14)10(8)15/h3-4,6H,1-2,5H2,(H,16,17)(H,18,19,20). The molecule has 0 heterocycles. The van der Waals surface area contributed by atoms with Gasteiger partial charge in [-0.05, 0) is 86.3 Å². The van der Waals surface area contributed by atoms with E-state index in [9.17, 15) is 17.6 Å². The molecule has 0 aliphatic heterocycles. The molecule has 0 aliphatic rings. The molecule has 21 heavy (non-hydrogen) atoms. The summed E-state index contributed by atoms with van der Waals surface area (Å²) < 4.78 is 45.5. The average molecular weight is 653 g/mol. The third-order valence-electron chi connectivity index (χ3n) is 2.37. The lowest BCUT2D eigenvalue weighted by molar-refractivity contribution is 0.0950. The van der Waals surface area contributed by atoms with Crippen molar-refractivity contribution in [2.24, 2.45) is 0 Å². The first-order valence-corrected chi connectivity index (χ1v) is 10.5. The highest BCUT2D eigenvalue weighted by Crippen LogP contribution is 2.22. The second-order valence-corrected chi connectivity index (χ2v) is 9.12. The number of hydrogen-bond donors (Lipinski definition) is 2. The largest absolute Gasteiger partial charge is 0.352 e. The quantitative estimate of drug-likeness (QED) is 0.282. The van der Waals surface area contributed by atoms with E-state index in [-0.39, 0.29) is 18.9 Å². The zero-order valence-corrected chi connectivity index (χ0v) is 17.7. The van der Waals surface area contributed by atoms with Crippen LogP contribution in [0.5, 0.6) is 0 Å². The molecule has 0 aliphatic carbocycles.